The van der Waals surface area contributed by atoms with Gasteiger partial charge in [-0.2, -0.15) is 0 Å². The highest BCUT2D eigenvalue weighted by Crippen LogP contribution is 2.38. The standard InChI is InChI=1S/C49H31N5/c1-4-12-34(13-5-1)42-31-29-36-28-30-41-40-18-10-11-19-43(40)51-46(44(41)45(36)50-42)35-24-20-32(21-25-35)33-22-26-39(27-23-33)49-53-47(37-14-6-2-7-15-37)52-48(54-49)38-16-8-3-9-17-38/h1-31H. The van der Waals surface area contributed by atoms with E-state index >= 15 is 0 Å². The van der Waals surface area contributed by atoms with Gasteiger partial charge in [-0.05, 0) is 28.6 Å². The van der Waals surface area contributed by atoms with Crippen LogP contribution in [0.3, 0.4) is 0 Å². The Hall–Kier alpha value is -7.37. The zero-order valence-corrected chi connectivity index (χ0v) is 29.1. The van der Waals surface area contributed by atoms with Crippen LogP contribution < -0.4 is 0 Å². The maximum Gasteiger partial charge on any atom is 0.164 e. The number of fused-ring (bicyclic) bond motifs is 5. The third-order valence-electron chi connectivity index (χ3n) is 9.93. The maximum absolute atomic E-state index is 5.27. The van der Waals surface area contributed by atoms with Gasteiger partial charge in [0.15, 0.2) is 17.5 Å². The Balaban J connectivity index is 1.04. The Bertz CT molecular complexity index is 2890. The second kappa shape index (κ2) is 13.3. The lowest BCUT2D eigenvalue weighted by atomic mass is 9.95. The molecule has 0 atom stereocenters. The molecule has 5 nitrogen and oxygen atoms in total. The lowest BCUT2D eigenvalue weighted by Crippen LogP contribution is -2.00. The van der Waals surface area contributed by atoms with Gasteiger partial charge in [0.05, 0.1) is 22.4 Å². The minimum absolute atomic E-state index is 0.634. The Kier molecular flexibility index (Phi) is 7.73. The molecule has 0 spiro atoms. The zero-order chi connectivity index (χ0) is 35.8. The lowest BCUT2D eigenvalue weighted by Gasteiger charge is -2.14. The molecule has 0 radical (unpaired) electrons. The number of aromatic nitrogens is 5. The zero-order valence-electron chi connectivity index (χ0n) is 29.1. The van der Waals surface area contributed by atoms with Crippen molar-refractivity contribution in [1.29, 1.82) is 0 Å². The number of para-hydroxylation sites is 1. The Morgan fingerprint density at radius 1 is 0.278 bits per heavy atom. The van der Waals surface area contributed by atoms with E-state index in [9.17, 15) is 0 Å². The molecular formula is C49H31N5. The number of hydrogen-bond acceptors (Lipinski definition) is 5. The summed E-state index contributed by atoms with van der Waals surface area (Å²) in [6.07, 6.45) is 0. The van der Waals surface area contributed by atoms with E-state index in [1.54, 1.807) is 0 Å². The highest BCUT2D eigenvalue weighted by Gasteiger charge is 2.16. The van der Waals surface area contributed by atoms with Crippen LogP contribution in [0.15, 0.2) is 188 Å². The summed E-state index contributed by atoms with van der Waals surface area (Å²) in [6, 6.07) is 64.6. The highest BCUT2D eigenvalue weighted by atomic mass is 15.0. The molecule has 5 heteroatoms. The second-order valence-corrected chi connectivity index (χ2v) is 13.3. The molecule has 3 heterocycles. The quantitative estimate of drug-likeness (QED) is 0.163. The fourth-order valence-electron chi connectivity index (χ4n) is 7.18. The molecule has 10 rings (SSSR count). The van der Waals surface area contributed by atoms with Gasteiger partial charge < -0.3 is 0 Å². The molecule has 0 saturated carbocycles. The van der Waals surface area contributed by atoms with Gasteiger partial charge in [0.2, 0.25) is 0 Å². The molecule has 0 aliphatic heterocycles. The smallest absolute Gasteiger partial charge is 0.164 e. The summed E-state index contributed by atoms with van der Waals surface area (Å²) in [6.45, 7) is 0. The number of nitrogens with zero attached hydrogens (tertiary/aromatic N) is 5. The number of benzene rings is 7. The van der Waals surface area contributed by atoms with E-state index in [0.29, 0.717) is 17.5 Å². The molecule has 0 amide bonds. The number of rotatable bonds is 6. The Morgan fingerprint density at radius 2 is 0.741 bits per heavy atom. The number of hydrogen-bond donors (Lipinski definition) is 0. The van der Waals surface area contributed by atoms with E-state index in [-0.39, 0.29) is 0 Å². The van der Waals surface area contributed by atoms with Crippen LogP contribution in [0, 0.1) is 0 Å². The van der Waals surface area contributed by atoms with E-state index in [1.165, 1.54) is 0 Å². The molecule has 0 unspecified atom stereocenters. The molecule has 0 fully saturated rings. The molecule has 0 aliphatic rings. The molecular weight excluding hydrogens is 659 g/mol. The number of pyridine rings is 2. The topological polar surface area (TPSA) is 64.5 Å². The molecule has 3 aromatic heterocycles. The predicted octanol–water partition coefficient (Wildman–Crippen LogP) is 12.1. The normalized spacial score (nSPS) is 11.3. The summed E-state index contributed by atoms with van der Waals surface area (Å²) in [5.41, 5.74) is 10.9. The van der Waals surface area contributed by atoms with Crippen molar-refractivity contribution in [3.05, 3.63) is 188 Å². The summed E-state index contributed by atoms with van der Waals surface area (Å²) in [7, 11) is 0. The third-order valence-corrected chi connectivity index (χ3v) is 9.93. The molecule has 0 N–H and O–H groups in total. The second-order valence-electron chi connectivity index (χ2n) is 13.3. The van der Waals surface area contributed by atoms with Gasteiger partial charge in [0.1, 0.15) is 0 Å². The first-order valence-electron chi connectivity index (χ1n) is 18.0. The van der Waals surface area contributed by atoms with Gasteiger partial charge in [-0.25, -0.2) is 24.9 Å². The van der Waals surface area contributed by atoms with Crippen molar-refractivity contribution in [2.45, 2.75) is 0 Å². The van der Waals surface area contributed by atoms with Crippen LogP contribution in [0.1, 0.15) is 0 Å². The molecule has 7 aromatic carbocycles. The van der Waals surface area contributed by atoms with Crippen molar-refractivity contribution in [2.75, 3.05) is 0 Å². The van der Waals surface area contributed by atoms with Crippen molar-refractivity contribution >= 4 is 32.6 Å². The van der Waals surface area contributed by atoms with Crippen molar-refractivity contribution in [3.63, 3.8) is 0 Å². The SMILES string of the molecule is c1ccc(-c2ccc3ccc4c5ccccc5nc(-c5ccc(-c6ccc(-c7nc(-c8ccccc8)nc(-c8ccccc8)n7)cc6)cc5)c4c3n2)cc1. The average molecular weight is 690 g/mol. The minimum Gasteiger partial charge on any atom is -0.247 e. The summed E-state index contributed by atoms with van der Waals surface area (Å²) < 4.78 is 0. The molecule has 252 valence electrons. The van der Waals surface area contributed by atoms with E-state index < -0.39 is 0 Å². The van der Waals surface area contributed by atoms with Crippen molar-refractivity contribution in [1.82, 2.24) is 24.9 Å². The van der Waals surface area contributed by atoms with Gasteiger partial charge in [0, 0.05) is 44.0 Å². The predicted molar refractivity (Wildman–Crippen MR) is 221 cm³/mol. The first-order chi connectivity index (χ1) is 26.7. The summed E-state index contributed by atoms with van der Waals surface area (Å²) in [4.78, 5) is 25.2. The summed E-state index contributed by atoms with van der Waals surface area (Å²) in [5.74, 6) is 1.93. The minimum atomic E-state index is 0.634. The Morgan fingerprint density at radius 3 is 1.33 bits per heavy atom. The van der Waals surface area contributed by atoms with E-state index in [2.05, 4.69) is 115 Å². The monoisotopic (exact) mass is 689 g/mol. The van der Waals surface area contributed by atoms with Crippen molar-refractivity contribution < 1.29 is 0 Å². The largest absolute Gasteiger partial charge is 0.247 e. The van der Waals surface area contributed by atoms with Crippen LogP contribution in [-0.4, -0.2) is 24.9 Å². The van der Waals surface area contributed by atoms with Crippen LogP contribution in [-0.2, 0) is 0 Å². The third kappa shape index (κ3) is 5.74. The van der Waals surface area contributed by atoms with Crippen LogP contribution in [0.2, 0.25) is 0 Å². The van der Waals surface area contributed by atoms with Crippen molar-refractivity contribution in [2.24, 2.45) is 0 Å². The fourth-order valence-corrected chi connectivity index (χ4v) is 7.18. The lowest BCUT2D eigenvalue weighted by molar-refractivity contribution is 1.07. The average Bonchev–Trinajstić information content (AvgIpc) is 3.26. The Labute approximate surface area is 312 Å². The van der Waals surface area contributed by atoms with E-state index in [0.717, 1.165) is 82.9 Å². The van der Waals surface area contributed by atoms with Gasteiger partial charge in [-0.15, -0.1) is 0 Å². The van der Waals surface area contributed by atoms with Gasteiger partial charge in [-0.1, -0.05) is 176 Å². The van der Waals surface area contributed by atoms with Crippen LogP contribution in [0.25, 0.3) is 100 Å². The van der Waals surface area contributed by atoms with E-state index in [4.69, 9.17) is 24.9 Å². The van der Waals surface area contributed by atoms with Crippen LogP contribution >= 0.6 is 0 Å². The summed E-state index contributed by atoms with van der Waals surface area (Å²) in [5, 5.41) is 4.40. The van der Waals surface area contributed by atoms with Gasteiger partial charge >= 0.3 is 0 Å². The molecule has 10 aromatic rings. The maximum atomic E-state index is 5.27. The van der Waals surface area contributed by atoms with Crippen molar-refractivity contribution in [3.8, 4) is 67.8 Å². The fraction of sp³-hybridized carbons (Fsp3) is 0. The first kappa shape index (κ1) is 31.4. The van der Waals surface area contributed by atoms with E-state index in [1.807, 2.05) is 72.8 Å². The van der Waals surface area contributed by atoms with Gasteiger partial charge in [0.25, 0.3) is 0 Å². The highest BCUT2D eigenvalue weighted by molar-refractivity contribution is 6.20. The molecule has 54 heavy (non-hydrogen) atoms. The molecule has 0 bridgehead atoms. The van der Waals surface area contributed by atoms with Crippen LogP contribution in [0.5, 0.6) is 0 Å². The van der Waals surface area contributed by atoms with Gasteiger partial charge in [-0.3, -0.25) is 0 Å². The molecule has 0 saturated heterocycles. The first-order valence-corrected chi connectivity index (χ1v) is 18.0. The summed E-state index contributed by atoms with van der Waals surface area (Å²) >= 11 is 0. The molecule has 0 aliphatic carbocycles. The van der Waals surface area contributed by atoms with Crippen LogP contribution in [0.4, 0.5) is 0 Å².